The molecule has 0 saturated heterocycles. The third kappa shape index (κ3) is 6.48. The zero-order chi connectivity index (χ0) is 24.1. The first-order valence-corrected chi connectivity index (χ1v) is 11.6. The van der Waals surface area contributed by atoms with Crippen molar-refractivity contribution in [2.45, 2.75) is 37.8 Å². The number of fused-ring (bicyclic) bond motifs is 1. The van der Waals surface area contributed by atoms with Gasteiger partial charge < -0.3 is 15.4 Å². The molecule has 1 aliphatic carbocycles. The number of nitrogens with zero attached hydrogens (tertiary/aromatic N) is 1. The normalized spacial score (nSPS) is 17.7. The van der Waals surface area contributed by atoms with Crippen LogP contribution in [0.2, 0.25) is 10.0 Å². The molecular weight excluding hydrogens is 482 g/mol. The minimum Gasteiger partial charge on any atom is -0.484 e. The van der Waals surface area contributed by atoms with Gasteiger partial charge >= 0.3 is 6.03 Å². The van der Waals surface area contributed by atoms with E-state index in [4.69, 9.17) is 27.9 Å². The highest BCUT2D eigenvalue weighted by Crippen LogP contribution is 2.22. The molecule has 178 valence electrons. The Balaban J connectivity index is 1.18. The van der Waals surface area contributed by atoms with Crippen LogP contribution in [0.3, 0.4) is 0 Å². The molecule has 0 unspecified atom stereocenters. The van der Waals surface area contributed by atoms with Crippen LogP contribution in [-0.2, 0) is 4.79 Å². The van der Waals surface area contributed by atoms with Crippen molar-refractivity contribution in [3.05, 3.63) is 64.4 Å². The van der Waals surface area contributed by atoms with E-state index in [2.05, 4.69) is 20.9 Å². The Bertz CT molecular complexity index is 1200. The second-order valence-corrected chi connectivity index (χ2v) is 8.96. The van der Waals surface area contributed by atoms with Crippen LogP contribution in [0.5, 0.6) is 5.75 Å². The first-order chi connectivity index (χ1) is 16.4. The fourth-order valence-electron chi connectivity index (χ4n) is 3.87. The molecule has 0 bridgehead atoms. The summed E-state index contributed by atoms with van der Waals surface area (Å²) < 4.78 is 18.8. The van der Waals surface area contributed by atoms with Crippen LogP contribution < -0.4 is 20.7 Å². The molecule has 3 N–H and O–H groups in total. The number of ether oxygens (including phenoxy) is 1. The Hall–Kier alpha value is -3.10. The lowest BCUT2D eigenvalue weighted by atomic mass is 9.91. The lowest BCUT2D eigenvalue weighted by molar-refractivity contribution is -0.124. The molecule has 1 aromatic heterocycles. The van der Waals surface area contributed by atoms with Gasteiger partial charge in [0.2, 0.25) is 0 Å². The van der Waals surface area contributed by atoms with Gasteiger partial charge in [-0.3, -0.25) is 10.1 Å². The molecule has 2 aromatic carbocycles. The van der Waals surface area contributed by atoms with Crippen LogP contribution in [0.15, 0.2) is 48.5 Å². The van der Waals surface area contributed by atoms with Crippen molar-refractivity contribution < 1.29 is 18.7 Å². The van der Waals surface area contributed by atoms with Gasteiger partial charge in [-0.15, -0.1) is 0 Å². The van der Waals surface area contributed by atoms with E-state index in [1.807, 2.05) is 12.1 Å². The Morgan fingerprint density at radius 3 is 2.44 bits per heavy atom. The Kier molecular flexibility index (Phi) is 7.70. The molecule has 1 fully saturated rings. The molecular formula is C24H23Cl2FN4O3. The summed E-state index contributed by atoms with van der Waals surface area (Å²) in [6, 6.07) is 12.6. The molecule has 0 spiro atoms. The van der Waals surface area contributed by atoms with Crippen LogP contribution in [0.4, 0.5) is 15.0 Å². The van der Waals surface area contributed by atoms with Crippen LogP contribution in [0.1, 0.15) is 25.7 Å². The number of carbonyl (C=O) groups excluding carboxylic acids is 2. The SMILES string of the molecule is O=C(COc1ccc(Cl)c(F)c1)NC1CCC(NC(=O)Nc2ccc3cc(Cl)ccc3n2)CC1. The van der Waals surface area contributed by atoms with Crippen LogP contribution in [-0.4, -0.2) is 35.6 Å². The van der Waals surface area contributed by atoms with E-state index in [9.17, 15) is 14.0 Å². The molecule has 34 heavy (non-hydrogen) atoms. The summed E-state index contributed by atoms with van der Waals surface area (Å²) in [4.78, 5) is 29.0. The molecule has 0 aliphatic heterocycles. The average Bonchev–Trinajstić information content (AvgIpc) is 2.81. The number of benzene rings is 2. The van der Waals surface area contributed by atoms with Crippen molar-refractivity contribution in [2.75, 3.05) is 11.9 Å². The number of urea groups is 1. The maximum atomic E-state index is 13.4. The summed E-state index contributed by atoms with van der Waals surface area (Å²) in [7, 11) is 0. The monoisotopic (exact) mass is 504 g/mol. The fourth-order valence-corrected chi connectivity index (χ4v) is 4.17. The molecule has 0 atom stereocenters. The van der Waals surface area contributed by atoms with Crippen molar-refractivity contribution in [1.29, 1.82) is 0 Å². The topological polar surface area (TPSA) is 92.4 Å². The summed E-state index contributed by atoms with van der Waals surface area (Å²) in [5, 5.41) is 10.2. The van der Waals surface area contributed by atoms with Crippen molar-refractivity contribution in [3.8, 4) is 5.75 Å². The number of anilines is 1. The number of nitrogens with one attached hydrogen (secondary N) is 3. The quantitative estimate of drug-likeness (QED) is 0.424. The van der Waals surface area contributed by atoms with E-state index in [1.165, 1.54) is 12.1 Å². The van der Waals surface area contributed by atoms with Gasteiger partial charge in [0.1, 0.15) is 17.4 Å². The minimum atomic E-state index is -0.601. The highest BCUT2D eigenvalue weighted by Gasteiger charge is 2.24. The standard InChI is InChI=1S/C24H23Cl2FN4O3/c25-15-2-9-21-14(11-15)1-10-22(30-21)31-24(33)29-17-5-3-16(4-6-17)28-23(32)13-34-18-7-8-19(26)20(27)12-18/h1-2,7-12,16-17H,3-6,13H2,(H,28,32)(H2,29,30,31,33). The summed E-state index contributed by atoms with van der Waals surface area (Å²) in [5.74, 6) is -0.196. The number of halogens is 3. The number of rotatable bonds is 6. The largest absolute Gasteiger partial charge is 0.484 e. The van der Waals surface area contributed by atoms with Crippen molar-refractivity contribution in [3.63, 3.8) is 0 Å². The van der Waals surface area contributed by atoms with E-state index >= 15 is 0 Å². The second-order valence-electron chi connectivity index (χ2n) is 8.11. The van der Waals surface area contributed by atoms with Gasteiger partial charge in [0.05, 0.1) is 10.5 Å². The Morgan fingerprint density at radius 2 is 1.71 bits per heavy atom. The number of aromatic nitrogens is 1. The number of carbonyl (C=O) groups is 2. The summed E-state index contributed by atoms with van der Waals surface area (Å²) in [6.07, 6.45) is 2.90. The predicted octanol–water partition coefficient (Wildman–Crippen LogP) is 5.31. The van der Waals surface area contributed by atoms with Crippen molar-refractivity contribution >= 4 is 51.9 Å². The van der Waals surface area contributed by atoms with Gasteiger partial charge in [0, 0.05) is 28.6 Å². The third-order valence-electron chi connectivity index (χ3n) is 5.58. The molecule has 0 radical (unpaired) electrons. The predicted molar refractivity (Wildman–Crippen MR) is 130 cm³/mol. The molecule has 1 heterocycles. The fraction of sp³-hybridized carbons (Fsp3) is 0.292. The van der Waals surface area contributed by atoms with E-state index in [0.29, 0.717) is 10.8 Å². The Morgan fingerprint density at radius 1 is 0.971 bits per heavy atom. The minimum absolute atomic E-state index is 0.000655. The van der Waals surface area contributed by atoms with Crippen molar-refractivity contribution in [2.24, 2.45) is 0 Å². The first kappa shape index (κ1) is 24.0. The number of amides is 3. The van der Waals surface area contributed by atoms with E-state index in [-0.39, 0.29) is 41.4 Å². The molecule has 10 heteroatoms. The van der Waals surface area contributed by atoms with Gasteiger partial charge in [0.15, 0.2) is 6.61 Å². The highest BCUT2D eigenvalue weighted by molar-refractivity contribution is 6.31. The van der Waals surface area contributed by atoms with Gasteiger partial charge in [-0.2, -0.15) is 0 Å². The Labute approximate surface area is 206 Å². The smallest absolute Gasteiger partial charge is 0.320 e. The summed E-state index contributed by atoms with van der Waals surface area (Å²) in [6.45, 7) is -0.216. The van der Waals surface area contributed by atoms with Gasteiger partial charge in [-0.05, 0) is 68.1 Å². The van der Waals surface area contributed by atoms with Gasteiger partial charge in [-0.25, -0.2) is 14.2 Å². The zero-order valence-corrected chi connectivity index (χ0v) is 19.6. The second kappa shape index (κ2) is 10.9. The lowest BCUT2D eigenvalue weighted by Crippen LogP contribution is -2.45. The number of hydrogen-bond donors (Lipinski definition) is 3. The molecule has 7 nitrogen and oxygen atoms in total. The van der Waals surface area contributed by atoms with E-state index < -0.39 is 5.82 Å². The molecule has 3 amide bonds. The molecule has 1 aliphatic rings. The third-order valence-corrected chi connectivity index (χ3v) is 6.12. The zero-order valence-electron chi connectivity index (χ0n) is 18.1. The van der Waals surface area contributed by atoms with E-state index in [1.54, 1.807) is 18.2 Å². The first-order valence-electron chi connectivity index (χ1n) is 10.9. The molecule has 4 rings (SSSR count). The number of pyridine rings is 1. The van der Waals surface area contributed by atoms with Crippen molar-refractivity contribution in [1.82, 2.24) is 15.6 Å². The number of hydrogen-bond acceptors (Lipinski definition) is 4. The highest BCUT2D eigenvalue weighted by atomic mass is 35.5. The van der Waals surface area contributed by atoms with Crippen LogP contribution >= 0.6 is 23.2 Å². The van der Waals surface area contributed by atoms with Gasteiger partial charge in [-0.1, -0.05) is 23.2 Å². The molecule has 1 saturated carbocycles. The maximum Gasteiger partial charge on any atom is 0.320 e. The van der Waals surface area contributed by atoms with Crippen LogP contribution in [0.25, 0.3) is 10.9 Å². The lowest BCUT2D eigenvalue weighted by Gasteiger charge is -2.29. The molecule has 3 aromatic rings. The summed E-state index contributed by atoms with van der Waals surface area (Å²) >= 11 is 11.6. The van der Waals surface area contributed by atoms with E-state index in [0.717, 1.165) is 42.7 Å². The maximum absolute atomic E-state index is 13.4. The average molecular weight is 505 g/mol. The van der Waals surface area contributed by atoms with Gasteiger partial charge in [0.25, 0.3) is 5.91 Å². The van der Waals surface area contributed by atoms with Crippen LogP contribution in [0, 0.1) is 5.82 Å². The summed E-state index contributed by atoms with van der Waals surface area (Å²) in [5.41, 5.74) is 0.739.